The fraction of sp³-hybridized carbons (Fsp3) is 0.357. The molecule has 136 valence electrons. The number of benzene rings is 1. The molecule has 1 amide bonds. The molecule has 0 aliphatic heterocycles. The molecule has 0 fully saturated rings. The number of carbonyl (C=O) groups is 1. The predicted octanol–water partition coefficient (Wildman–Crippen LogP) is 4.76. The van der Waals surface area contributed by atoms with Gasteiger partial charge in [0.1, 0.15) is 0 Å². The lowest BCUT2D eigenvalue weighted by Gasteiger charge is -2.11. The van der Waals surface area contributed by atoms with Gasteiger partial charge in [-0.2, -0.15) is 13.2 Å². The highest BCUT2D eigenvalue weighted by molar-refractivity contribution is 8.01. The zero-order chi connectivity index (χ0) is 18.4. The van der Waals surface area contributed by atoms with Crippen LogP contribution in [-0.2, 0) is 11.0 Å². The molecule has 0 spiro atoms. The molecule has 0 unspecified atom stereocenters. The summed E-state index contributed by atoms with van der Waals surface area (Å²) in [5.41, 5.74) is -0.958. The number of thioether (sulfide) groups is 1. The van der Waals surface area contributed by atoms with E-state index in [0.29, 0.717) is 9.47 Å². The lowest BCUT2D eigenvalue weighted by atomic mass is 10.2. The zero-order valence-corrected chi connectivity index (χ0v) is 15.4. The van der Waals surface area contributed by atoms with Crippen LogP contribution in [0.15, 0.2) is 22.5 Å². The van der Waals surface area contributed by atoms with Crippen molar-refractivity contribution in [2.24, 2.45) is 0 Å². The summed E-state index contributed by atoms with van der Waals surface area (Å²) < 4.78 is 39.0. The minimum Gasteiger partial charge on any atom is -0.360 e. The summed E-state index contributed by atoms with van der Waals surface area (Å²) >= 11 is 8.01. The van der Waals surface area contributed by atoms with Crippen LogP contribution in [0, 0.1) is 0 Å². The number of alkyl halides is 3. The molecule has 0 atom stereocenters. The average Bonchev–Trinajstić information content (AvgIpc) is 2.99. The molecule has 2 N–H and O–H groups in total. The number of halogens is 4. The molecule has 11 heteroatoms. The van der Waals surface area contributed by atoms with Crippen LogP contribution in [0.2, 0.25) is 5.02 Å². The van der Waals surface area contributed by atoms with Crippen LogP contribution in [0.5, 0.6) is 0 Å². The number of hydrogen-bond acceptors (Lipinski definition) is 6. The first-order valence-corrected chi connectivity index (χ1v) is 9.34. The van der Waals surface area contributed by atoms with Crippen molar-refractivity contribution < 1.29 is 18.0 Å². The molecule has 0 bridgehead atoms. The molecular weight excluding hydrogens is 397 g/mol. The number of carbonyl (C=O) groups excluding carboxylic acids is 1. The van der Waals surface area contributed by atoms with Crippen molar-refractivity contribution in [3.63, 3.8) is 0 Å². The van der Waals surface area contributed by atoms with Gasteiger partial charge in [0.25, 0.3) is 0 Å². The van der Waals surface area contributed by atoms with Crippen LogP contribution in [0.25, 0.3) is 0 Å². The highest BCUT2D eigenvalue weighted by atomic mass is 35.5. The molecule has 2 aromatic rings. The van der Waals surface area contributed by atoms with Gasteiger partial charge in [-0.15, -0.1) is 10.2 Å². The van der Waals surface area contributed by atoms with Gasteiger partial charge >= 0.3 is 6.18 Å². The number of anilines is 2. The molecule has 5 nitrogen and oxygen atoms in total. The third-order valence-electron chi connectivity index (χ3n) is 2.81. The van der Waals surface area contributed by atoms with Crippen LogP contribution >= 0.6 is 34.7 Å². The van der Waals surface area contributed by atoms with Gasteiger partial charge in [0.2, 0.25) is 11.0 Å². The van der Waals surface area contributed by atoms with Gasteiger partial charge < -0.3 is 10.6 Å². The van der Waals surface area contributed by atoms with Crippen molar-refractivity contribution in [3.05, 3.63) is 28.8 Å². The molecule has 1 aromatic heterocycles. The zero-order valence-electron chi connectivity index (χ0n) is 13.0. The monoisotopic (exact) mass is 410 g/mol. The Morgan fingerprint density at radius 2 is 2.12 bits per heavy atom. The summed E-state index contributed by atoms with van der Waals surface area (Å²) in [5.74, 6) is -0.439. The number of nitrogens with one attached hydrogen (secondary N) is 2. The van der Waals surface area contributed by atoms with Gasteiger partial charge in [0.15, 0.2) is 4.34 Å². The van der Waals surface area contributed by atoms with Gasteiger partial charge in [-0.3, -0.25) is 4.79 Å². The first kappa shape index (κ1) is 19.8. The van der Waals surface area contributed by atoms with Crippen molar-refractivity contribution in [3.8, 4) is 0 Å². The third-order valence-corrected chi connectivity index (χ3v) is 5.16. The van der Waals surface area contributed by atoms with Gasteiger partial charge in [-0.1, -0.05) is 41.6 Å². The Kier molecular flexibility index (Phi) is 6.91. The number of amides is 1. The van der Waals surface area contributed by atoms with E-state index in [1.165, 1.54) is 17.4 Å². The van der Waals surface area contributed by atoms with E-state index < -0.39 is 22.7 Å². The second-order valence-electron chi connectivity index (χ2n) is 4.83. The normalized spacial score (nSPS) is 11.4. The lowest BCUT2D eigenvalue weighted by Crippen LogP contribution is -2.15. The summed E-state index contributed by atoms with van der Waals surface area (Å²) in [6.45, 7) is 2.80. The van der Waals surface area contributed by atoms with Crippen LogP contribution in [-0.4, -0.2) is 28.4 Å². The molecule has 0 radical (unpaired) electrons. The first-order chi connectivity index (χ1) is 11.8. The largest absolute Gasteiger partial charge is 0.417 e. The third kappa shape index (κ3) is 6.05. The van der Waals surface area contributed by atoms with Crippen LogP contribution in [0.1, 0.15) is 18.9 Å². The molecular formula is C14H14ClF3N4OS2. The Morgan fingerprint density at radius 1 is 1.36 bits per heavy atom. The topological polar surface area (TPSA) is 66.9 Å². The van der Waals surface area contributed by atoms with Gasteiger partial charge in [-0.05, 0) is 24.6 Å². The van der Waals surface area contributed by atoms with E-state index in [2.05, 4.69) is 20.8 Å². The molecule has 0 saturated carbocycles. The van der Waals surface area contributed by atoms with E-state index in [9.17, 15) is 18.0 Å². The van der Waals surface area contributed by atoms with Crippen molar-refractivity contribution in [1.82, 2.24) is 10.2 Å². The van der Waals surface area contributed by atoms with Crippen molar-refractivity contribution in [1.29, 1.82) is 0 Å². The Balaban J connectivity index is 1.91. The molecule has 25 heavy (non-hydrogen) atoms. The second-order valence-corrected chi connectivity index (χ2v) is 7.44. The van der Waals surface area contributed by atoms with E-state index in [0.717, 1.165) is 36.9 Å². The van der Waals surface area contributed by atoms with Crippen molar-refractivity contribution in [2.45, 2.75) is 23.9 Å². The van der Waals surface area contributed by atoms with Crippen LogP contribution in [0.4, 0.5) is 24.0 Å². The molecule has 2 rings (SSSR count). The molecule has 1 heterocycles. The highest BCUT2D eigenvalue weighted by Crippen LogP contribution is 2.36. The van der Waals surface area contributed by atoms with E-state index >= 15 is 0 Å². The van der Waals surface area contributed by atoms with Gasteiger partial charge in [0, 0.05) is 12.2 Å². The van der Waals surface area contributed by atoms with Crippen molar-refractivity contribution in [2.75, 3.05) is 22.9 Å². The minimum absolute atomic E-state index is 0.00634. The number of hydrogen-bond donors (Lipinski definition) is 2. The maximum absolute atomic E-state index is 12.8. The Bertz CT molecular complexity index is 739. The van der Waals surface area contributed by atoms with E-state index in [1.807, 2.05) is 6.92 Å². The molecule has 0 saturated heterocycles. The second kappa shape index (κ2) is 8.72. The SMILES string of the molecule is CCCNc1nnc(SCC(=O)Nc2ccc(Cl)c(C(F)(F)F)c2)s1. The number of rotatable bonds is 7. The quantitative estimate of drug-likeness (QED) is 0.644. The average molecular weight is 411 g/mol. The Labute approximate surface area is 155 Å². The van der Waals surface area contributed by atoms with E-state index in [1.54, 1.807) is 0 Å². The van der Waals surface area contributed by atoms with E-state index in [4.69, 9.17) is 11.6 Å². The smallest absolute Gasteiger partial charge is 0.360 e. The molecule has 0 aliphatic rings. The molecule has 1 aromatic carbocycles. The summed E-state index contributed by atoms with van der Waals surface area (Å²) in [6.07, 6.45) is -3.63. The predicted molar refractivity (Wildman–Crippen MR) is 94.5 cm³/mol. The fourth-order valence-electron chi connectivity index (χ4n) is 1.72. The Hall–Kier alpha value is -1.52. The van der Waals surface area contributed by atoms with Crippen molar-refractivity contribution >= 4 is 51.4 Å². The molecule has 0 aliphatic carbocycles. The maximum Gasteiger partial charge on any atom is 0.417 e. The summed E-state index contributed by atoms with van der Waals surface area (Å²) in [7, 11) is 0. The lowest BCUT2D eigenvalue weighted by molar-refractivity contribution is -0.137. The highest BCUT2D eigenvalue weighted by Gasteiger charge is 2.33. The maximum atomic E-state index is 12.8. The summed E-state index contributed by atoms with van der Waals surface area (Å²) in [6, 6.07) is 3.23. The van der Waals surface area contributed by atoms with E-state index in [-0.39, 0.29) is 11.4 Å². The standard InChI is InChI=1S/C14H14ClF3N4OS2/c1-2-5-19-12-21-22-13(25-12)24-7-11(23)20-8-3-4-10(15)9(6-8)14(16,17)18/h3-4,6H,2,5,7H2,1H3,(H,19,21)(H,20,23). The first-order valence-electron chi connectivity index (χ1n) is 7.16. The van der Waals surface area contributed by atoms with Gasteiger partial charge in [-0.25, -0.2) is 0 Å². The summed E-state index contributed by atoms with van der Waals surface area (Å²) in [5, 5.41) is 13.6. The summed E-state index contributed by atoms with van der Waals surface area (Å²) in [4.78, 5) is 11.9. The number of nitrogens with zero attached hydrogens (tertiary/aromatic N) is 2. The minimum atomic E-state index is -4.58. The Morgan fingerprint density at radius 3 is 2.80 bits per heavy atom. The fourth-order valence-corrected chi connectivity index (χ4v) is 3.52. The van der Waals surface area contributed by atoms with Gasteiger partial charge in [0.05, 0.1) is 16.3 Å². The van der Waals surface area contributed by atoms with Crippen LogP contribution in [0.3, 0.4) is 0 Å². The number of aromatic nitrogens is 2. The van der Waals surface area contributed by atoms with Crippen LogP contribution < -0.4 is 10.6 Å².